The van der Waals surface area contributed by atoms with Gasteiger partial charge < -0.3 is 28.9 Å². The average molecular weight is 655 g/mol. The van der Waals surface area contributed by atoms with E-state index < -0.39 is 36.5 Å². The molecule has 0 atom stereocenters. The van der Waals surface area contributed by atoms with Crippen molar-refractivity contribution in [2.75, 3.05) is 37.9 Å². The molecule has 0 aromatic heterocycles. The Hall–Kier alpha value is -3.03. The molecule has 0 spiro atoms. The molecule has 0 bridgehead atoms. The zero-order valence-electron chi connectivity index (χ0n) is 24.4. The lowest BCUT2D eigenvalue weighted by molar-refractivity contribution is -0.115. The van der Waals surface area contributed by atoms with E-state index in [0.29, 0.717) is 18.9 Å². The van der Waals surface area contributed by atoms with Crippen molar-refractivity contribution in [2.45, 2.75) is 53.4 Å². The van der Waals surface area contributed by atoms with Crippen molar-refractivity contribution in [1.29, 1.82) is 0 Å². The number of amides is 1. The number of Topliss-reactive ketones (excluding diaryl/α,β-unsaturated/α-hetero) is 2. The second kappa shape index (κ2) is 20.8. The van der Waals surface area contributed by atoms with E-state index in [4.69, 9.17) is 29.2 Å². The Morgan fingerprint density at radius 2 is 1.31 bits per heavy atom. The first-order valence-corrected chi connectivity index (χ1v) is 16.9. The van der Waals surface area contributed by atoms with Gasteiger partial charge >= 0.3 is 20.6 Å². The van der Waals surface area contributed by atoms with Gasteiger partial charge in [0.1, 0.15) is 11.9 Å². The third-order valence-electron chi connectivity index (χ3n) is 3.95. The van der Waals surface area contributed by atoms with Gasteiger partial charge in [0, 0.05) is 29.0 Å². The van der Waals surface area contributed by atoms with Crippen LogP contribution in [0.1, 0.15) is 48.5 Å². The highest BCUT2D eigenvalue weighted by Gasteiger charge is 2.43. The van der Waals surface area contributed by atoms with E-state index in [2.05, 4.69) is 19.5 Å². The topological polar surface area (TPSA) is 254 Å². The van der Waals surface area contributed by atoms with Gasteiger partial charge in [0.05, 0.1) is 31.3 Å². The van der Waals surface area contributed by atoms with Gasteiger partial charge in [-0.2, -0.15) is 4.79 Å². The van der Waals surface area contributed by atoms with Crippen LogP contribution in [0.25, 0.3) is 16.0 Å². The van der Waals surface area contributed by atoms with Crippen LogP contribution in [0.2, 0.25) is 0 Å². The Balaban J connectivity index is 0. The Morgan fingerprint density at radius 1 is 0.857 bits per heavy atom. The van der Waals surface area contributed by atoms with Crippen molar-refractivity contribution in [1.82, 2.24) is 0 Å². The largest absolute Gasteiger partial charge is 0.446 e. The summed E-state index contributed by atoms with van der Waals surface area (Å²) in [5.74, 6) is -1.08. The van der Waals surface area contributed by atoms with Crippen molar-refractivity contribution in [3.63, 3.8) is 0 Å². The summed E-state index contributed by atoms with van der Waals surface area (Å²) in [6.07, 6.45) is -0.130. The Kier molecular flexibility index (Phi) is 20.3. The van der Waals surface area contributed by atoms with Gasteiger partial charge in [-0.1, -0.05) is 0 Å². The first kappa shape index (κ1) is 41.1. The van der Waals surface area contributed by atoms with Gasteiger partial charge in [0.25, 0.3) is 10.0 Å². The summed E-state index contributed by atoms with van der Waals surface area (Å²) in [5, 5.41) is 2.48. The summed E-state index contributed by atoms with van der Waals surface area (Å²) in [5.41, 5.74) is 16.5. The first-order chi connectivity index (χ1) is 19.5. The van der Waals surface area contributed by atoms with Crippen LogP contribution in [-0.2, 0) is 51.6 Å². The summed E-state index contributed by atoms with van der Waals surface area (Å²) in [7, 11) is -10.8. The molecule has 0 aliphatic heterocycles. The molecule has 0 aliphatic rings. The molecule has 1 rings (SSSR count). The number of ketones is 2. The quantitative estimate of drug-likeness (QED) is 0.0869. The summed E-state index contributed by atoms with van der Waals surface area (Å²) < 4.78 is 68.0. The molecule has 1 N–H and O–H groups in total. The molecule has 236 valence electrons. The lowest BCUT2D eigenvalue weighted by atomic mass is 10.3. The van der Waals surface area contributed by atoms with Crippen molar-refractivity contribution in [2.24, 2.45) is 4.52 Å². The van der Waals surface area contributed by atoms with Crippen LogP contribution >= 0.6 is 15.2 Å². The molecule has 42 heavy (non-hydrogen) atoms. The lowest BCUT2D eigenvalue weighted by Crippen LogP contribution is -2.15. The molecule has 0 heterocycles. The van der Waals surface area contributed by atoms with Crippen LogP contribution in [0.3, 0.4) is 0 Å². The Bertz CT molecular complexity index is 1340. The number of anilines is 1. The maximum Gasteiger partial charge on any atom is 0.446 e. The number of rotatable bonds is 15. The third-order valence-corrected chi connectivity index (χ3v) is 9.36. The van der Waals surface area contributed by atoms with Gasteiger partial charge in [0.2, 0.25) is 11.7 Å². The van der Waals surface area contributed by atoms with Gasteiger partial charge in [-0.15, -0.1) is 0 Å². The number of azide groups is 1. The predicted molar refractivity (Wildman–Crippen MR) is 154 cm³/mol. The van der Waals surface area contributed by atoms with Crippen LogP contribution in [0.4, 0.5) is 5.69 Å². The maximum atomic E-state index is 11.8. The number of nitrogens with zero attached hydrogens (tertiary/aromatic N) is 5. The number of carbonyl (C=O) groups is 3. The zero-order valence-corrected chi connectivity index (χ0v) is 27.0. The fraction of sp³-hybridized carbons (Fsp3) is 0.545. The fourth-order valence-electron chi connectivity index (χ4n) is 2.62. The fourth-order valence-corrected chi connectivity index (χ4v) is 6.37. The van der Waals surface area contributed by atoms with Crippen LogP contribution in [0, 0.1) is 0 Å². The highest BCUT2D eigenvalue weighted by molar-refractivity contribution is 7.90. The van der Waals surface area contributed by atoms with E-state index in [9.17, 15) is 31.9 Å². The van der Waals surface area contributed by atoms with Crippen molar-refractivity contribution < 1.29 is 54.8 Å². The Morgan fingerprint density at radius 3 is 1.62 bits per heavy atom. The van der Waals surface area contributed by atoms with Gasteiger partial charge in [-0.3, -0.25) is 18.9 Å². The van der Waals surface area contributed by atoms with E-state index in [0.717, 1.165) is 6.92 Å². The molecule has 1 aromatic carbocycles. The monoisotopic (exact) mass is 654 g/mol. The van der Waals surface area contributed by atoms with Gasteiger partial charge in [-0.05, 0) is 64.4 Å². The van der Waals surface area contributed by atoms with Crippen molar-refractivity contribution >= 4 is 53.8 Å². The smallest absolute Gasteiger partial charge is 0.360 e. The molecule has 0 saturated heterocycles. The van der Waals surface area contributed by atoms with E-state index in [1.807, 2.05) is 0 Å². The molecule has 1 aromatic rings. The summed E-state index contributed by atoms with van der Waals surface area (Å²) >= 11 is 0. The van der Waals surface area contributed by atoms with Crippen LogP contribution in [0.15, 0.2) is 33.7 Å². The molecular weight excluding hydrogens is 618 g/mol. The van der Waals surface area contributed by atoms with E-state index in [1.165, 1.54) is 38.1 Å². The second-order valence-corrected chi connectivity index (χ2v) is 13.0. The van der Waals surface area contributed by atoms with E-state index >= 15 is 0 Å². The molecule has 1 amide bonds. The minimum Gasteiger partial charge on any atom is -0.360 e. The minimum absolute atomic E-state index is 0.101. The molecule has 0 aliphatic carbocycles. The van der Waals surface area contributed by atoms with E-state index in [1.54, 1.807) is 27.7 Å². The minimum atomic E-state index is -3.96. The average Bonchev–Trinajstić information content (AvgIpc) is 2.85. The normalized spacial score (nSPS) is 10.8. The highest BCUT2D eigenvalue weighted by atomic mass is 32.2. The number of nitrogens with one attached hydrogen (secondary N) is 1. The van der Waals surface area contributed by atoms with Gasteiger partial charge in [0.15, 0.2) is 0 Å². The number of carbonyl (C=O) groups excluding carboxylic acids is 3. The molecule has 0 saturated carbocycles. The molecule has 20 heteroatoms. The summed E-state index contributed by atoms with van der Waals surface area (Å²) in [6.45, 7) is 11.2. The van der Waals surface area contributed by atoms with Crippen molar-refractivity contribution in [3.05, 3.63) is 40.2 Å². The molecule has 0 fully saturated rings. The van der Waals surface area contributed by atoms with Crippen LogP contribution in [0.5, 0.6) is 0 Å². The van der Waals surface area contributed by atoms with E-state index in [-0.39, 0.29) is 36.0 Å². The summed E-state index contributed by atoms with van der Waals surface area (Å²) in [4.78, 5) is 37.1. The molecule has 0 unspecified atom stereocenters. The Labute approximate surface area is 244 Å². The lowest BCUT2D eigenvalue weighted by Gasteiger charge is -2.14. The van der Waals surface area contributed by atoms with Crippen LogP contribution < -0.4 is 5.32 Å². The predicted octanol–water partition coefficient (Wildman–Crippen LogP) is 4.96. The van der Waals surface area contributed by atoms with Crippen LogP contribution in [-0.4, -0.2) is 68.7 Å². The highest BCUT2D eigenvalue weighted by Crippen LogP contribution is 2.49. The summed E-state index contributed by atoms with van der Waals surface area (Å²) in [6, 6.07) is 5.30. The SMILES string of the molecule is CC(=O)Nc1ccc(S(=O)(=O)N=[N+]=[N-])cc1.CCOP(=O)(CC(C)=O)OCC.CCOP(=O)(OCC)C(=[N+]=[N-])C(C)=O. The van der Waals surface area contributed by atoms with Gasteiger partial charge in [-0.25, -0.2) is 13.0 Å². The molecule has 0 radical (unpaired) electrons. The zero-order chi connectivity index (χ0) is 33.0. The number of benzene rings is 1. The first-order valence-electron chi connectivity index (χ1n) is 12.2. The molecule has 17 nitrogen and oxygen atoms in total. The third kappa shape index (κ3) is 16.4. The second-order valence-electron chi connectivity index (χ2n) is 7.47. The standard InChI is InChI=1S/C8H8N4O3S.C7H13N2O4P.C7H15O4P/c1-6(13)10-7-2-4-8(5-3-7)16(14,15)12-11-9;1-4-12-14(11,13-5-2)7(9-8)6(3)10;1-4-10-12(9,11-5-2)6-7(3)8/h2-5H,1H3,(H,10,13);4-5H2,1-3H3;4-6H2,1-3H3. The maximum absolute atomic E-state index is 11.8. The molecular formula is C22H36N6O11P2S. The number of hydrogen-bond donors (Lipinski definition) is 1. The van der Waals surface area contributed by atoms with Crippen molar-refractivity contribution in [3.8, 4) is 0 Å². The number of sulfonamides is 1. The number of hydrogen-bond acceptors (Lipinski definition) is 11.